The van der Waals surface area contributed by atoms with Crippen molar-refractivity contribution in [2.45, 2.75) is 35.9 Å². The van der Waals surface area contributed by atoms with Crippen LogP contribution in [0, 0.1) is 6.92 Å². The molecule has 2 aromatic rings. The molecule has 0 aromatic carbocycles. The highest BCUT2D eigenvalue weighted by Crippen LogP contribution is 2.40. The van der Waals surface area contributed by atoms with Gasteiger partial charge < -0.3 is 10.7 Å². The number of hydrogen-bond acceptors (Lipinski definition) is 5. The molecule has 6 heteroatoms. The van der Waals surface area contributed by atoms with Gasteiger partial charge >= 0.3 is 0 Å². The zero-order valence-corrected chi connectivity index (χ0v) is 10.3. The Morgan fingerprint density at radius 2 is 2.24 bits per heavy atom. The standard InChI is InChI=1S/C11H13N5S/c1-6-8(12)15-9(7-2-3-7)16-10(6)17-11-13-4-5-14-11/h4-5,7H,2-3H2,1H3,(H,13,14)(H2,12,15,16). The molecule has 0 bridgehead atoms. The Balaban J connectivity index is 1.96. The summed E-state index contributed by atoms with van der Waals surface area (Å²) in [6.45, 7) is 1.94. The average Bonchev–Trinajstić information content (AvgIpc) is 3.04. The average molecular weight is 247 g/mol. The van der Waals surface area contributed by atoms with E-state index in [-0.39, 0.29) is 0 Å². The molecule has 0 saturated heterocycles. The molecule has 1 saturated carbocycles. The van der Waals surface area contributed by atoms with E-state index in [4.69, 9.17) is 5.73 Å². The third-order valence-corrected chi connectivity index (χ3v) is 3.77. The highest BCUT2D eigenvalue weighted by Gasteiger charge is 2.28. The van der Waals surface area contributed by atoms with E-state index >= 15 is 0 Å². The first-order valence-electron chi connectivity index (χ1n) is 5.55. The van der Waals surface area contributed by atoms with Gasteiger partial charge in [-0.1, -0.05) is 0 Å². The molecule has 2 aromatic heterocycles. The minimum Gasteiger partial charge on any atom is -0.383 e. The van der Waals surface area contributed by atoms with Crippen molar-refractivity contribution in [1.29, 1.82) is 0 Å². The SMILES string of the molecule is Cc1c(N)nc(C2CC2)nc1Sc1ncc[nH]1. The van der Waals surface area contributed by atoms with Gasteiger partial charge in [0.2, 0.25) is 0 Å². The molecule has 88 valence electrons. The monoisotopic (exact) mass is 247 g/mol. The zero-order valence-electron chi connectivity index (χ0n) is 9.47. The van der Waals surface area contributed by atoms with Crippen molar-refractivity contribution in [3.63, 3.8) is 0 Å². The first-order chi connectivity index (χ1) is 8.24. The number of H-pyrrole nitrogens is 1. The fraction of sp³-hybridized carbons (Fsp3) is 0.364. The normalized spacial score (nSPS) is 15.1. The first-order valence-corrected chi connectivity index (χ1v) is 6.37. The fourth-order valence-corrected chi connectivity index (χ4v) is 2.37. The van der Waals surface area contributed by atoms with Gasteiger partial charge in [0.25, 0.3) is 0 Å². The quantitative estimate of drug-likeness (QED) is 0.812. The first kappa shape index (κ1) is 10.6. The maximum absolute atomic E-state index is 5.92. The minimum atomic E-state index is 0.508. The van der Waals surface area contributed by atoms with Gasteiger partial charge in [0, 0.05) is 23.9 Å². The van der Waals surface area contributed by atoms with Gasteiger partial charge in [-0.2, -0.15) is 0 Å². The fourth-order valence-electron chi connectivity index (χ4n) is 1.55. The molecular formula is C11H13N5S. The topological polar surface area (TPSA) is 80.5 Å². The summed E-state index contributed by atoms with van der Waals surface area (Å²) in [5.74, 6) is 1.96. The molecule has 5 nitrogen and oxygen atoms in total. The Hall–Kier alpha value is -1.56. The van der Waals surface area contributed by atoms with E-state index in [9.17, 15) is 0 Å². The lowest BCUT2D eigenvalue weighted by atomic mass is 10.3. The van der Waals surface area contributed by atoms with Crippen molar-refractivity contribution in [3.8, 4) is 0 Å². The third kappa shape index (κ3) is 2.12. The van der Waals surface area contributed by atoms with E-state index in [1.165, 1.54) is 24.6 Å². The van der Waals surface area contributed by atoms with E-state index in [2.05, 4.69) is 19.9 Å². The molecule has 3 N–H and O–H groups in total. The second-order valence-electron chi connectivity index (χ2n) is 4.17. The van der Waals surface area contributed by atoms with Crippen LogP contribution >= 0.6 is 11.8 Å². The predicted octanol–water partition coefficient (Wildman–Crippen LogP) is 2.12. The number of imidazole rings is 1. The van der Waals surface area contributed by atoms with Crippen LogP contribution in [0.4, 0.5) is 5.82 Å². The van der Waals surface area contributed by atoms with Crippen LogP contribution in [0.3, 0.4) is 0 Å². The largest absolute Gasteiger partial charge is 0.383 e. The summed E-state index contributed by atoms with van der Waals surface area (Å²) >= 11 is 1.50. The Labute approximate surface area is 103 Å². The molecular weight excluding hydrogens is 234 g/mol. The molecule has 0 spiro atoms. The molecule has 3 rings (SSSR count). The van der Waals surface area contributed by atoms with Gasteiger partial charge in [-0.15, -0.1) is 0 Å². The van der Waals surface area contributed by atoms with Crippen LogP contribution in [0.1, 0.15) is 30.1 Å². The van der Waals surface area contributed by atoms with Gasteiger partial charge in [0.05, 0.1) is 0 Å². The van der Waals surface area contributed by atoms with Crippen LogP contribution in [-0.4, -0.2) is 19.9 Å². The van der Waals surface area contributed by atoms with E-state index in [0.717, 1.165) is 21.6 Å². The Kier molecular flexibility index (Phi) is 2.51. The second-order valence-corrected chi connectivity index (χ2v) is 5.15. The van der Waals surface area contributed by atoms with Crippen molar-refractivity contribution in [1.82, 2.24) is 19.9 Å². The Bertz CT molecular complexity index is 533. The summed E-state index contributed by atoms with van der Waals surface area (Å²) in [4.78, 5) is 16.2. The van der Waals surface area contributed by atoms with Gasteiger partial charge in [0.1, 0.15) is 16.7 Å². The molecule has 17 heavy (non-hydrogen) atoms. The number of nitrogen functional groups attached to an aromatic ring is 1. The summed E-state index contributed by atoms with van der Waals surface area (Å²) in [7, 11) is 0. The number of rotatable bonds is 3. The molecule has 0 radical (unpaired) electrons. The van der Waals surface area contributed by atoms with Gasteiger partial charge in [-0.25, -0.2) is 15.0 Å². The highest BCUT2D eigenvalue weighted by molar-refractivity contribution is 7.99. The number of aromatic amines is 1. The summed E-state index contributed by atoms with van der Waals surface area (Å²) < 4.78 is 0. The molecule has 0 unspecified atom stereocenters. The molecule has 1 aliphatic carbocycles. The lowest BCUT2D eigenvalue weighted by molar-refractivity contribution is 0.865. The number of nitrogens with one attached hydrogen (secondary N) is 1. The van der Waals surface area contributed by atoms with Crippen LogP contribution in [0.2, 0.25) is 0 Å². The zero-order chi connectivity index (χ0) is 11.8. The van der Waals surface area contributed by atoms with Crippen LogP contribution < -0.4 is 5.73 Å². The predicted molar refractivity (Wildman–Crippen MR) is 65.9 cm³/mol. The van der Waals surface area contributed by atoms with E-state index in [1.54, 1.807) is 12.4 Å². The van der Waals surface area contributed by atoms with Crippen molar-refractivity contribution in [2.75, 3.05) is 5.73 Å². The van der Waals surface area contributed by atoms with E-state index in [1.807, 2.05) is 6.92 Å². The van der Waals surface area contributed by atoms with Crippen LogP contribution in [0.15, 0.2) is 22.6 Å². The smallest absolute Gasteiger partial charge is 0.171 e. The van der Waals surface area contributed by atoms with Gasteiger partial charge in [-0.3, -0.25) is 0 Å². The summed E-state index contributed by atoms with van der Waals surface area (Å²) in [6.07, 6.45) is 5.87. The van der Waals surface area contributed by atoms with Crippen LogP contribution in [0.5, 0.6) is 0 Å². The third-order valence-electron chi connectivity index (χ3n) is 2.77. The van der Waals surface area contributed by atoms with Crippen molar-refractivity contribution >= 4 is 17.6 Å². The van der Waals surface area contributed by atoms with E-state index < -0.39 is 0 Å². The van der Waals surface area contributed by atoms with Crippen LogP contribution in [-0.2, 0) is 0 Å². The minimum absolute atomic E-state index is 0.508. The maximum Gasteiger partial charge on any atom is 0.171 e. The Morgan fingerprint density at radius 1 is 1.41 bits per heavy atom. The molecule has 0 amide bonds. The Morgan fingerprint density at radius 3 is 2.88 bits per heavy atom. The van der Waals surface area contributed by atoms with Crippen molar-refractivity contribution < 1.29 is 0 Å². The number of nitrogens with two attached hydrogens (primary N) is 1. The second kappa shape index (κ2) is 4.03. The molecule has 0 aliphatic heterocycles. The van der Waals surface area contributed by atoms with E-state index in [0.29, 0.717) is 11.7 Å². The molecule has 1 fully saturated rings. The lowest BCUT2D eigenvalue weighted by Crippen LogP contribution is -2.03. The van der Waals surface area contributed by atoms with Crippen LogP contribution in [0.25, 0.3) is 0 Å². The van der Waals surface area contributed by atoms with Crippen molar-refractivity contribution in [3.05, 3.63) is 23.8 Å². The van der Waals surface area contributed by atoms with Gasteiger partial charge in [0.15, 0.2) is 5.16 Å². The summed E-state index contributed by atoms with van der Waals surface area (Å²) in [5, 5.41) is 1.72. The summed E-state index contributed by atoms with van der Waals surface area (Å²) in [6, 6.07) is 0. The number of aromatic nitrogens is 4. The number of hydrogen-bond donors (Lipinski definition) is 2. The molecule has 2 heterocycles. The number of nitrogens with zero attached hydrogens (tertiary/aromatic N) is 3. The van der Waals surface area contributed by atoms with Crippen molar-refractivity contribution in [2.24, 2.45) is 0 Å². The number of anilines is 1. The summed E-state index contributed by atoms with van der Waals surface area (Å²) in [5.41, 5.74) is 6.85. The maximum atomic E-state index is 5.92. The lowest BCUT2D eigenvalue weighted by Gasteiger charge is -2.07. The molecule has 1 aliphatic rings. The molecule has 0 atom stereocenters. The highest BCUT2D eigenvalue weighted by atomic mass is 32.2. The van der Waals surface area contributed by atoms with Gasteiger partial charge in [-0.05, 0) is 31.5 Å².